The Kier molecular flexibility index (Phi) is 12.1. The minimum Gasteiger partial charge on any atom is -0.391 e. The van der Waals surface area contributed by atoms with Crippen LogP contribution < -0.4 is 26.6 Å². The van der Waals surface area contributed by atoms with Gasteiger partial charge in [0, 0.05) is 31.8 Å². The van der Waals surface area contributed by atoms with Gasteiger partial charge in [0.2, 0.25) is 35.4 Å². The van der Waals surface area contributed by atoms with E-state index in [1.165, 1.54) is 11.8 Å². The number of hydrogen-bond acceptors (Lipinski definition) is 7. The summed E-state index contributed by atoms with van der Waals surface area (Å²) in [5.41, 5.74) is 0.786. The molecular formula is C33H48N6O7. The minimum atomic E-state index is -1.06. The van der Waals surface area contributed by atoms with E-state index in [1.807, 2.05) is 44.2 Å². The molecule has 0 unspecified atom stereocenters. The van der Waals surface area contributed by atoms with E-state index in [-0.39, 0.29) is 56.5 Å². The lowest BCUT2D eigenvalue weighted by atomic mass is 9.84. The fourth-order valence-corrected chi connectivity index (χ4v) is 6.10. The predicted octanol–water partition coefficient (Wildman–Crippen LogP) is -0.0938. The molecule has 1 saturated carbocycles. The largest absolute Gasteiger partial charge is 0.391 e. The molecule has 1 aromatic rings. The molecule has 1 aromatic carbocycles. The van der Waals surface area contributed by atoms with Crippen LogP contribution in [0.4, 0.5) is 0 Å². The number of carbonyl (C=O) groups excluding carboxylic acids is 6. The van der Waals surface area contributed by atoms with Gasteiger partial charge in [-0.2, -0.15) is 0 Å². The van der Waals surface area contributed by atoms with Crippen LogP contribution in [0, 0.1) is 11.8 Å². The zero-order valence-corrected chi connectivity index (χ0v) is 26.9. The Hall–Kier alpha value is -4.00. The van der Waals surface area contributed by atoms with Gasteiger partial charge in [-0.3, -0.25) is 28.8 Å². The number of nitrogens with one attached hydrogen (secondary N) is 5. The van der Waals surface area contributed by atoms with Crippen molar-refractivity contribution in [2.24, 2.45) is 11.8 Å². The summed E-state index contributed by atoms with van der Waals surface area (Å²) in [5.74, 6) is -3.05. The first-order chi connectivity index (χ1) is 21.9. The van der Waals surface area contributed by atoms with Crippen LogP contribution in [-0.2, 0) is 35.2 Å². The van der Waals surface area contributed by atoms with Gasteiger partial charge >= 0.3 is 0 Å². The molecule has 6 amide bonds. The number of carbonyl (C=O) groups is 6. The molecule has 0 aromatic heterocycles. The van der Waals surface area contributed by atoms with Crippen LogP contribution in [0.2, 0.25) is 0 Å². The zero-order chi connectivity index (χ0) is 33.4. The smallest absolute Gasteiger partial charge is 0.245 e. The molecule has 6 N–H and O–H groups in total. The first-order valence-corrected chi connectivity index (χ1v) is 16.4. The average molecular weight is 641 g/mol. The van der Waals surface area contributed by atoms with Crippen LogP contribution in [0.1, 0.15) is 71.3 Å². The van der Waals surface area contributed by atoms with Crippen molar-refractivity contribution in [3.63, 3.8) is 0 Å². The lowest BCUT2D eigenvalue weighted by molar-refractivity contribution is -0.141. The highest BCUT2D eigenvalue weighted by molar-refractivity contribution is 5.96. The fourth-order valence-electron chi connectivity index (χ4n) is 6.10. The summed E-state index contributed by atoms with van der Waals surface area (Å²) in [6.45, 7) is 5.40. The lowest BCUT2D eigenvalue weighted by Crippen LogP contribution is -2.59. The fraction of sp³-hybridized carbons (Fsp3) is 0.636. The van der Waals surface area contributed by atoms with Crippen molar-refractivity contribution in [3.05, 3.63) is 35.9 Å². The van der Waals surface area contributed by atoms with Gasteiger partial charge in [-0.25, -0.2) is 0 Å². The molecule has 2 saturated heterocycles. The van der Waals surface area contributed by atoms with Crippen molar-refractivity contribution >= 4 is 35.4 Å². The first-order valence-electron chi connectivity index (χ1n) is 16.4. The van der Waals surface area contributed by atoms with Crippen molar-refractivity contribution in [2.75, 3.05) is 13.1 Å². The lowest BCUT2D eigenvalue weighted by Gasteiger charge is -2.30. The van der Waals surface area contributed by atoms with E-state index in [9.17, 15) is 33.9 Å². The highest BCUT2D eigenvalue weighted by atomic mass is 16.3. The zero-order valence-electron chi connectivity index (χ0n) is 26.9. The predicted molar refractivity (Wildman–Crippen MR) is 169 cm³/mol. The highest BCUT2D eigenvalue weighted by Crippen LogP contribution is 2.26. The second-order valence-corrected chi connectivity index (χ2v) is 13.2. The van der Waals surface area contributed by atoms with Crippen molar-refractivity contribution in [3.8, 4) is 0 Å². The molecule has 4 rings (SSSR count). The van der Waals surface area contributed by atoms with Gasteiger partial charge in [0.15, 0.2) is 0 Å². The normalized spacial score (nSPS) is 29.0. The molecule has 6 atom stereocenters. The maximum atomic E-state index is 13.8. The van der Waals surface area contributed by atoms with Gasteiger partial charge < -0.3 is 36.6 Å². The van der Waals surface area contributed by atoms with Crippen LogP contribution in [0.15, 0.2) is 30.3 Å². The molecule has 0 radical (unpaired) electrons. The topological polar surface area (TPSA) is 186 Å². The van der Waals surface area contributed by atoms with Crippen molar-refractivity contribution in [1.29, 1.82) is 0 Å². The number of aliphatic hydroxyl groups excluding tert-OH is 1. The molecule has 0 bridgehead atoms. The van der Waals surface area contributed by atoms with Crippen molar-refractivity contribution in [1.82, 2.24) is 31.5 Å². The van der Waals surface area contributed by atoms with E-state index in [1.54, 1.807) is 0 Å². The maximum Gasteiger partial charge on any atom is 0.245 e. The van der Waals surface area contributed by atoms with E-state index >= 15 is 0 Å². The molecule has 13 nitrogen and oxygen atoms in total. The monoisotopic (exact) mass is 640 g/mol. The van der Waals surface area contributed by atoms with Gasteiger partial charge in [-0.1, -0.05) is 50.6 Å². The number of nitrogens with zero attached hydrogens (tertiary/aromatic N) is 1. The van der Waals surface area contributed by atoms with Crippen molar-refractivity contribution < 1.29 is 33.9 Å². The van der Waals surface area contributed by atoms with E-state index in [4.69, 9.17) is 0 Å². The number of benzene rings is 1. The van der Waals surface area contributed by atoms with Gasteiger partial charge in [0.25, 0.3) is 0 Å². The summed E-state index contributed by atoms with van der Waals surface area (Å²) in [4.78, 5) is 81.8. The summed E-state index contributed by atoms with van der Waals surface area (Å²) in [7, 11) is 0. The number of fused-ring (bicyclic) bond motifs is 1. The Bertz CT molecular complexity index is 1270. The van der Waals surface area contributed by atoms with Crippen LogP contribution in [-0.4, -0.2) is 94.9 Å². The Morgan fingerprint density at radius 1 is 0.913 bits per heavy atom. The molecule has 252 valence electrons. The molecule has 2 heterocycles. The highest BCUT2D eigenvalue weighted by Gasteiger charge is 2.41. The number of aliphatic hydroxyl groups is 1. The third kappa shape index (κ3) is 9.27. The molecule has 3 aliphatic rings. The van der Waals surface area contributed by atoms with E-state index in [0.29, 0.717) is 6.42 Å². The molecule has 1 aliphatic carbocycles. The molecular weight excluding hydrogens is 592 g/mol. The molecule has 13 heteroatoms. The van der Waals surface area contributed by atoms with Gasteiger partial charge in [0.1, 0.15) is 30.2 Å². The standard InChI is InChI=1S/C33H48N6O7/c1-19(2)15-25-30(43)35-20(3)33(46)39-18-23(40)17-27(39)32(45)34-14-8-13-24(36-28(41)22-11-7-12-22)29(42)38-26(31(44)37-25)16-21-9-5-4-6-10-21/h4-6,9-10,19-20,22-27,40H,7-8,11-18H2,1-3H3,(H,34,45)(H,35,43)(H,36,41)(H,37,44)(H,38,42)/t20-,23+,24-,25-,26+,27-/m0/s1. The average Bonchev–Trinajstić information content (AvgIpc) is 3.37. The van der Waals surface area contributed by atoms with Gasteiger partial charge in [0.05, 0.1) is 6.10 Å². The molecule has 2 aliphatic heterocycles. The van der Waals surface area contributed by atoms with E-state index in [2.05, 4.69) is 26.6 Å². The third-order valence-corrected chi connectivity index (χ3v) is 8.93. The SMILES string of the molecule is CC(C)C[C@@H]1NC(=O)[C@@H](Cc2ccccc2)NC(=O)[C@@H](NC(=O)C2CCC2)CCCNC(=O)[C@@H]2C[C@@H](O)CN2C(=O)[C@H](C)NC1=O. The summed E-state index contributed by atoms with van der Waals surface area (Å²) < 4.78 is 0. The number of hydrogen-bond donors (Lipinski definition) is 6. The summed E-state index contributed by atoms with van der Waals surface area (Å²) in [6.07, 6.45) is 2.51. The van der Waals surface area contributed by atoms with Gasteiger partial charge in [-0.15, -0.1) is 0 Å². The second kappa shape index (κ2) is 16.0. The van der Waals surface area contributed by atoms with Crippen LogP contribution in [0.5, 0.6) is 0 Å². The van der Waals surface area contributed by atoms with E-state index < -0.39 is 65.8 Å². The second-order valence-electron chi connectivity index (χ2n) is 13.2. The third-order valence-electron chi connectivity index (χ3n) is 8.93. The number of amides is 6. The van der Waals surface area contributed by atoms with Gasteiger partial charge in [-0.05, 0) is 50.5 Å². The molecule has 3 fully saturated rings. The van der Waals surface area contributed by atoms with Crippen LogP contribution >= 0.6 is 0 Å². The van der Waals surface area contributed by atoms with Crippen LogP contribution in [0.25, 0.3) is 0 Å². The Balaban J connectivity index is 1.63. The molecule has 0 spiro atoms. The van der Waals surface area contributed by atoms with Crippen LogP contribution in [0.3, 0.4) is 0 Å². The summed E-state index contributed by atoms with van der Waals surface area (Å²) >= 11 is 0. The molecule has 46 heavy (non-hydrogen) atoms. The Morgan fingerprint density at radius 3 is 2.24 bits per heavy atom. The summed E-state index contributed by atoms with van der Waals surface area (Å²) in [5, 5.41) is 24.3. The van der Waals surface area contributed by atoms with Crippen molar-refractivity contribution in [2.45, 2.75) is 108 Å². The van der Waals surface area contributed by atoms with E-state index in [0.717, 1.165) is 24.8 Å². The Morgan fingerprint density at radius 2 is 1.59 bits per heavy atom. The quantitative estimate of drug-likeness (QED) is 0.251. The minimum absolute atomic E-state index is 0.00464. The summed E-state index contributed by atoms with van der Waals surface area (Å²) in [6, 6.07) is 4.15. The maximum absolute atomic E-state index is 13.8. The first kappa shape index (κ1) is 34.9. The Labute approximate surface area is 270 Å². The number of rotatable bonds is 6.